The van der Waals surface area contributed by atoms with Crippen LogP contribution in [-0.2, 0) is 28.7 Å². The quantitative estimate of drug-likeness (QED) is 0.156. The van der Waals surface area contributed by atoms with Gasteiger partial charge in [-0.3, -0.25) is 19.2 Å². The van der Waals surface area contributed by atoms with Gasteiger partial charge in [-0.05, 0) is 64.9 Å². The molecule has 2 aliphatic rings. The van der Waals surface area contributed by atoms with Crippen LogP contribution in [0.2, 0.25) is 0 Å². The third-order valence-corrected chi connectivity index (χ3v) is 6.36. The Kier molecular flexibility index (Phi) is 13.9. The first-order chi connectivity index (χ1) is 15.9. The maximum Gasteiger partial charge on any atom is 0.319 e. The van der Waals surface area contributed by atoms with Crippen molar-refractivity contribution < 1.29 is 28.7 Å². The van der Waals surface area contributed by atoms with Gasteiger partial charge in [0.05, 0.1) is 19.1 Å². The van der Waals surface area contributed by atoms with Gasteiger partial charge >= 0.3 is 11.9 Å². The minimum Gasteiger partial charge on any atom is -0.466 e. The van der Waals surface area contributed by atoms with Crippen LogP contribution >= 0.6 is 11.6 Å². The van der Waals surface area contributed by atoms with Crippen LogP contribution in [0.5, 0.6) is 0 Å². The second kappa shape index (κ2) is 15.8. The maximum absolute atomic E-state index is 12.1. The molecule has 0 amide bonds. The summed E-state index contributed by atoms with van der Waals surface area (Å²) in [5.41, 5.74) is -0.158. The number of alkyl halides is 1. The van der Waals surface area contributed by atoms with Crippen molar-refractivity contribution in [1.82, 2.24) is 0 Å². The third kappa shape index (κ3) is 9.07. The van der Waals surface area contributed by atoms with Gasteiger partial charge in [0, 0.05) is 18.7 Å². The summed E-state index contributed by atoms with van der Waals surface area (Å²) in [5, 5.41) is 0. The molecule has 0 saturated heterocycles. The highest BCUT2D eigenvalue weighted by Gasteiger charge is 2.46. The molecule has 7 heteroatoms. The highest BCUT2D eigenvalue weighted by molar-refractivity contribution is 6.18. The molecule has 0 aromatic heterocycles. The Hall–Kier alpha value is -1.95. The van der Waals surface area contributed by atoms with Gasteiger partial charge in [-0.2, -0.15) is 0 Å². The summed E-state index contributed by atoms with van der Waals surface area (Å²) in [7, 11) is 0. The van der Waals surface area contributed by atoms with E-state index in [0.29, 0.717) is 51.2 Å². The monoisotopic (exact) mass is 482 g/mol. The van der Waals surface area contributed by atoms with E-state index in [2.05, 4.69) is 0 Å². The summed E-state index contributed by atoms with van der Waals surface area (Å²) in [4.78, 5) is 47.4. The summed E-state index contributed by atoms with van der Waals surface area (Å²) in [5.74, 6) is -0.0543. The number of Topliss-reactive ketones (excluding diaryl/α,β-unsaturated/α-hetero) is 2. The molecule has 33 heavy (non-hydrogen) atoms. The number of allylic oxidation sites excluding steroid dienone is 4. The van der Waals surface area contributed by atoms with Gasteiger partial charge in [0.2, 0.25) is 0 Å². The van der Waals surface area contributed by atoms with E-state index in [-0.39, 0.29) is 29.4 Å². The molecule has 0 bridgehead atoms. The number of hydrogen-bond donors (Lipinski definition) is 0. The van der Waals surface area contributed by atoms with Crippen molar-refractivity contribution in [3.63, 3.8) is 0 Å². The number of halogens is 1. The second-order valence-electron chi connectivity index (χ2n) is 8.40. The van der Waals surface area contributed by atoms with Gasteiger partial charge in [-0.15, -0.1) is 11.6 Å². The summed E-state index contributed by atoms with van der Waals surface area (Å²) < 4.78 is 10.1. The fourth-order valence-corrected chi connectivity index (χ4v) is 4.41. The molecule has 2 saturated carbocycles. The Labute approximate surface area is 203 Å². The van der Waals surface area contributed by atoms with Gasteiger partial charge < -0.3 is 9.47 Å². The topological polar surface area (TPSA) is 86.7 Å². The fraction of sp³-hybridized carbons (Fsp3) is 0.692. The number of ketones is 2. The predicted molar refractivity (Wildman–Crippen MR) is 129 cm³/mol. The first kappa shape index (κ1) is 29.1. The van der Waals surface area contributed by atoms with Crippen molar-refractivity contribution in [2.75, 3.05) is 19.1 Å². The summed E-state index contributed by atoms with van der Waals surface area (Å²) in [6, 6.07) is 0. The summed E-state index contributed by atoms with van der Waals surface area (Å²) in [6.45, 7) is 6.15. The molecule has 0 N–H and O–H groups in total. The Morgan fingerprint density at radius 2 is 1.73 bits per heavy atom. The fourth-order valence-electron chi connectivity index (χ4n) is 4.28. The van der Waals surface area contributed by atoms with Crippen LogP contribution in [0.15, 0.2) is 23.8 Å². The SMILES string of the molecule is C/C=C1\CC(C(=O)OCC)CCCCC1=O.CCOC(=O)C1(C/C=C\CCl)CCCCC1=O. The largest absolute Gasteiger partial charge is 0.466 e. The zero-order valence-corrected chi connectivity index (χ0v) is 21.1. The smallest absolute Gasteiger partial charge is 0.319 e. The van der Waals surface area contributed by atoms with Gasteiger partial charge in [0.25, 0.3) is 0 Å². The van der Waals surface area contributed by atoms with Crippen LogP contribution in [0.1, 0.15) is 85.0 Å². The van der Waals surface area contributed by atoms with Crippen LogP contribution in [0.25, 0.3) is 0 Å². The second-order valence-corrected chi connectivity index (χ2v) is 8.71. The van der Waals surface area contributed by atoms with Crippen molar-refractivity contribution in [3.05, 3.63) is 23.8 Å². The number of rotatable bonds is 7. The van der Waals surface area contributed by atoms with Crippen LogP contribution < -0.4 is 0 Å². The van der Waals surface area contributed by atoms with E-state index >= 15 is 0 Å². The Morgan fingerprint density at radius 3 is 2.33 bits per heavy atom. The van der Waals surface area contributed by atoms with E-state index in [4.69, 9.17) is 21.1 Å². The van der Waals surface area contributed by atoms with E-state index in [9.17, 15) is 19.2 Å². The van der Waals surface area contributed by atoms with E-state index in [0.717, 1.165) is 37.7 Å². The van der Waals surface area contributed by atoms with E-state index in [1.807, 2.05) is 26.0 Å². The highest BCUT2D eigenvalue weighted by Crippen LogP contribution is 2.38. The summed E-state index contributed by atoms with van der Waals surface area (Å²) in [6.07, 6.45) is 12.5. The number of carbonyl (C=O) groups is 4. The Bertz CT molecular complexity index is 726. The molecular weight excluding hydrogens is 444 g/mol. The molecule has 2 atom stereocenters. The molecule has 2 rings (SSSR count). The zero-order valence-electron chi connectivity index (χ0n) is 20.3. The molecule has 0 aliphatic heterocycles. The normalized spacial score (nSPS) is 25.1. The summed E-state index contributed by atoms with van der Waals surface area (Å²) >= 11 is 5.55. The number of hydrogen-bond acceptors (Lipinski definition) is 6. The lowest BCUT2D eigenvalue weighted by molar-refractivity contribution is -0.162. The first-order valence-electron chi connectivity index (χ1n) is 12.1. The van der Waals surface area contributed by atoms with Gasteiger partial charge in [0.1, 0.15) is 11.2 Å². The molecule has 186 valence electrons. The van der Waals surface area contributed by atoms with Crippen LogP contribution in [0.3, 0.4) is 0 Å². The Morgan fingerprint density at radius 1 is 1.03 bits per heavy atom. The molecular formula is C26H39ClO6. The van der Waals surface area contributed by atoms with Crippen molar-refractivity contribution in [3.8, 4) is 0 Å². The third-order valence-electron chi connectivity index (χ3n) is 6.18. The van der Waals surface area contributed by atoms with Crippen LogP contribution in [0.4, 0.5) is 0 Å². The van der Waals surface area contributed by atoms with Crippen molar-refractivity contribution in [2.24, 2.45) is 11.3 Å². The molecule has 0 heterocycles. The van der Waals surface area contributed by atoms with Crippen molar-refractivity contribution in [2.45, 2.75) is 85.0 Å². The molecule has 0 spiro atoms. The maximum atomic E-state index is 12.1. The van der Waals surface area contributed by atoms with E-state index in [1.54, 1.807) is 13.0 Å². The molecule has 2 aliphatic carbocycles. The minimum atomic E-state index is -0.948. The number of ether oxygens (including phenoxy) is 2. The number of esters is 2. The van der Waals surface area contributed by atoms with Gasteiger partial charge in [0.15, 0.2) is 5.78 Å². The first-order valence-corrected chi connectivity index (χ1v) is 12.7. The van der Waals surface area contributed by atoms with Crippen molar-refractivity contribution in [1.29, 1.82) is 0 Å². The number of carbonyl (C=O) groups excluding carboxylic acids is 4. The lowest BCUT2D eigenvalue weighted by Gasteiger charge is -2.32. The molecule has 0 radical (unpaired) electrons. The predicted octanol–water partition coefficient (Wildman–Crippen LogP) is 5.51. The average Bonchev–Trinajstić information content (AvgIpc) is 2.79. The van der Waals surface area contributed by atoms with E-state index < -0.39 is 5.41 Å². The minimum absolute atomic E-state index is 0.0152. The average molecular weight is 483 g/mol. The lowest BCUT2D eigenvalue weighted by Crippen LogP contribution is -2.42. The van der Waals surface area contributed by atoms with Gasteiger partial charge in [-0.1, -0.05) is 31.1 Å². The molecule has 6 nitrogen and oxygen atoms in total. The highest BCUT2D eigenvalue weighted by atomic mass is 35.5. The molecule has 2 fully saturated rings. The molecule has 2 unspecified atom stereocenters. The molecule has 0 aromatic rings. The Balaban J connectivity index is 0.000000331. The zero-order chi connectivity index (χ0) is 24.7. The van der Waals surface area contributed by atoms with E-state index in [1.165, 1.54) is 0 Å². The van der Waals surface area contributed by atoms with Gasteiger partial charge in [-0.25, -0.2) is 0 Å². The van der Waals surface area contributed by atoms with Crippen molar-refractivity contribution >= 4 is 35.1 Å². The standard InChI is InChI=1S/C13H19ClO3.C13H20O3/c1-2-17-12(16)13(9-5-6-10-14)8-4-3-7-11(13)15;1-3-10-9-11(13(15)16-4-2)7-5-6-8-12(10)14/h5-6H,2-4,7-10H2,1H3;3,11H,4-9H2,1-2H3/b6-5-;10-3+. The molecule has 0 aromatic carbocycles. The lowest BCUT2D eigenvalue weighted by atomic mass is 9.70. The van der Waals surface area contributed by atoms with Crippen LogP contribution in [0, 0.1) is 11.3 Å². The van der Waals surface area contributed by atoms with Crippen LogP contribution in [-0.4, -0.2) is 42.6 Å².